The van der Waals surface area contributed by atoms with Gasteiger partial charge in [-0.15, -0.1) is 0 Å². The van der Waals surface area contributed by atoms with E-state index in [0.29, 0.717) is 0 Å². The predicted octanol–water partition coefficient (Wildman–Crippen LogP) is 1.37. The minimum absolute atomic E-state index is 0.0873. The Hall–Kier alpha value is -1.58. The van der Waals surface area contributed by atoms with E-state index >= 15 is 0 Å². The van der Waals surface area contributed by atoms with E-state index in [1.54, 1.807) is 12.4 Å². The van der Waals surface area contributed by atoms with E-state index in [1.165, 1.54) is 0 Å². The summed E-state index contributed by atoms with van der Waals surface area (Å²) in [5.74, 6) is 0.0873. The van der Waals surface area contributed by atoms with E-state index in [0.717, 1.165) is 30.6 Å². The van der Waals surface area contributed by atoms with Crippen molar-refractivity contribution in [2.24, 2.45) is 0 Å². The van der Waals surface area contributed by atoms with Gasteiger partial charge in [-0.25, -0.2) is 0 Å². The summed E-state index contributed by atoms with van der Waals surface area (Å²) >= 11 is 0. The van der Waals surface area contributed by atoms with Crippen LogP contribution >= 0.6 is 0 Å². The number of hydrogen-bond donors (Lipinski definition) is 2. The number of nitrogens with one attached hydrogen (secondary N) is 2. The first-order chi connectivity index (χ1) is 6.80. The summed E-state index contributed by atoms with van der Waals surface area (Å²) in [6.45, 7) is 0. The number of fused-ring (bicyclic) bond motifs is 1. The lowest BCUT2D eigenvalue weighted by molar-refractivity contribution is -0.123. The van der Waals surface area contributed by atoms with Crippen LogP contribution in [0.25, 0.3) is 0 Å². The largest absolute Gasteiger partial charge is 0.369 e. The lowest BCUT2D eigenvalue weighted by atomic mass is 9.75. The number of pyridine rings is 1. The Labute approximate surface area is 81.7 Å². The zero-order valence-corrected chi connectivity index (χ0v) is 7.71. The van der Waals surface area contributed by atoms with Gasteiger partial charge in [-0.05, 0) is 25.3 Å². The number of carbonyl (C=O) groups excluding carboxylic acids is 1. The molecule has 3 rings (SSSR count). The standard InChI is InChI=1S/C10H11N3O/c14-9-10(3-1-4-10)13-7-2-5-11-6-8(7)12-9/h2,5-6,13H,1,3-4H2,(H,12,14). The Balaban J connectivity index is 2.03. The number of nitrogens with zero attached hydrogens (tertiary/aromatic N) is 1. The highest BCUT2D eigenvalue weighted by Crippen LogP contribution is 2.41. The van der Waals surface area contributed by atoms with Crippen LogP contribution in [0, 0.1) is 0 Å². The summed E-state index contributed by atoms with van der Waals surface area (Å²) in [4.78, 5) is 15.7. The molecule has 1 aromatic rings. The van der Waals surface area contributed by atoms with Gasteiger partial charge in [-0.1, -0.05) is 0 Å². The fourth-order valence-electron chi connectivity index (χ4n) is 2.04. The highest BCUT2D eigenvalue weighted by molar-refractivity contribution is 6.06. The maximum Gasteiger partial charge on any atom is 0.250 e. The second-order valence-corrected chi connectivity index (χ2v) is 3.94. The van der Waals surface area contributed by atoms with Crippen molar-refractivity contribution in [2.45, 2.75) is 24.8 Å². The molecule has 0 saturated heterocycles. The van der Waals surface area contributed by atoms with E-state index < -0.39 is 0 Å². The van der Waals surface area contributed by atoms with Gasteiger partial charge in [0, 0.05) is 6.20 Å². The number of carbonyl (C=O) groups is 1. The fourth-order valence-corrected chi connectivity index (χ4v) is 2.04. The van der Waals surface area contributed by atoms with Crippen LogP contribution < -0.4 is 10.6 Å². The lowest BCUT2D eigenvalue weighted by Gasteiger charge is -2.44. The van der Waals surface area contributed by atoms with Crippen LogP contribution in [-0.2, 0) is 4.79 Å². The molecule has 0 unspecified atom stereocenters. The van der Waals surface area contributed by atoms with Gasteiger partial charge in [0.25, 0.3) is 0 Å². The maximum atomic E-state index is 11.8. The molecule has 1 spiro atoms. The molecule has 2 N–H and O–H groups in total. The number of amides is 1. The molecule has 1 amide bonds. The molecule has 1 saturated carbocycles. The van der Waals surface area contributed by atoms with Gasteiger partial charge < -0.3 is 10.6 Å². The molecule has 0 aromatic carbocycles. The predicted molar refractivity (Wildman–Crippen MR) is 53.1 cm³/mol. The van der Waals surface area contributed by atoms with Crippen LogP contribution in [0.3, 0.4) is 0 Å². The van der Waals surface area contributed by atoms with Crippen molar-refractivity contribution in [3.05, 3.63) is 18.5 Å². The molecule has 0 atom stereocenters. The van der Waals surface area contributed by atoms with Crippen molar-refractivity contribution in [1.82, 2.24) is 4.98 Å². The Bertz CT molecular complexity index is 398. The van der Waals surface area contributed by atoms with Gasteiger partial charge in [0.05, 0.1) is 17.6 Å². The number of rotatable bonds is 0. The first-order valence-corrected chi connectivity index (χ1v) is 4.84. The molecule has 2 heterocycles. The van der Waals surface area contributed by atoms with Crippen molar-refractivity contribution in [3.8, 4) is 0 Å². The van der Waals surface area contributed by atoms with Gasteiger partial charge in [0.15, 0.2) is 0 Å². The number of aromatic nitrogens is 1. The van der Waals surface area contributed by atoms with E-state index in [2.05, 4.69) is 15.6 Å². The lowest BCUT2D eigenvalue weighted by Crippen LogP contribution is -2.57. The van der Waals surface area contributed by atoms with Crippen LogP contribution in [0.15, 0.2) is 18.5 Å². The normalized spacial score (nSPS) is 21.9. The van der Waals surface area contributed by atoms with E-state index in [1.807, 2.05) is 6.07 Å². The minimum atomic E-state index is -0.325. The summed E-state index contributed by atoms with van der Waals surface area (Å²) in [5, 5.41) is 6.20. The zero-order chi connectivity index (χ0) is 9.60. The summed E-state index contributed by atoms with van der Waals surface area (Å²) < 4.78 is 0. The molecule has 1 aliphatic heterocycles. The first kappa shape index (κ1) is 7.79. The third-order valence-electron chi connectivity index (χ3n) is 3.08. The molecule has 1 aliphatic carbocycles. The van der Waals surface area contributed by atoms with Crippen molar-refractivity contribution in [3.63, 3.8) is 0 Å². The number of anilines is 2. The average molecular weight is 189 g/mol. The summed E-state index contributed by atoms with van der Waals surface area (Å²) in [7, 11) is 0. The fraction of sp³-hybridized carbons (Fsp3) is 0.400. The molecule has 0 radical (unpaired) electrons. The van der Waals surface area contributed by atoms with Crippen LogP contribution in [0.5, 0.6) is 0 Å². The third kappa shape index (κ3) is 0.880. The van der Waals surface area contributed by atoms with Crippen LogP contribution in [0.1, 0.15) is 19.3 Å². The van der Waals surface area contributed by atoms with Gasteiger partial charge in [-0.2, -0.15) is 0 Å². The highest BCUT2D eigenvalue weighted by atomic mass is 16.2. The monoisotopic (exact) mass is 189 g/mol. The zero-order valence-electron chi connectivity index (χ0n) is 7.71. The molecular weight excluding hydrogens is 178 g/mol. The average Bonchev–Trinajstić information content (AvgIpc) is 2.14. The van der Waals surface area contributed by atoms with Crippen molar-refractivity contribution < 1.29 is 4.79 Å². The molecule has 4 nitrogen and oxygen atoms in total. The van der Waals surface area contributed by atoms with Crippen molar-refractivity contribution in [1.29, 1.82) is 0 Å². The second kappa shape index (κ2) is 2.47. The van der Waals surface area contributed by atoms with Gasteiger partial charge in [0.2, 0.25) is 5.91 Å². The second-order valence-electron chi connectivity index (χ2n) is 3.94. The first-order valence-electron chi connectivity index (χ1n) is 4.84. The maximum absolute atomic E-state index is 11.8. The van der Waals surface area contributed by atoms with E-state index in [4.69, 9.17) is 0 Å². The quantitative estimate of drug-likeness (QED) is 0.648. The SMILES string of the molecule is O=C1Nc2cnccc2NC12CCC2. The molecule has 1 fully saturated rings. The van der Waals surface area contributed by atoms with Gasteiger partial charge in [0.1, 0.15) is 5.54 Å². The number of hydrogen-bond acceptors (Lipinski definition) is 3. The third-order valence-corrected chi connectivity index (χ3v) is 3.08. The molecular formula is C10H11N3O. The Kier molecular flexibility index (Phi) is 1.37. The smallest absolute Gasteiger partial charge is 0.250 e. The topological polar surface area (TPSA) is 54.0 Å². The Morgan fingerprint density at radius 1 is 1.36 bits per heavy atom. The molecule has 4 heteroatoms. The van der Waals surface area contributed by atoms with E-state index in [-0.39, 0.29) is 11.4 Å². The van der Waals surface area contributed by atoms with Gasteiger partial charge in [-0.3, -0.25) is 9.78 Å². The van der Waals surface area contributed by atoms with Crippen molar-refractivity contribution >= 4 is 17.3 Å². The summed E-state index contributed by atoms with van der Waals surface area (Å²) in [6, 6.07) is 1.90. The van der Waals surface area contributed by atoms with Gasteiger partial charge >= 0.3 is 0 Å². The summed E-state index contributed by atoms with van der Waals surface area (Å²) in [5.41, 5.74) is 1.45. The van der Waals surface area contributed by atoms with Crippen molar-refractivity contribution in [2.75, 3.05) is 10.6 Å². The van der Waals surface area contributed by atoms with Crippen LogP contribution in [0.2, 0.25) is 0 Å². The summed E-state index contributed by atoms with van der Waals surface area (Å²) in [6.07, 6.45) is 6.39. The Morgan fingerprint density at radius 2 is 2.21 bits per heavy atom. The highest BCUT2D eigenvalue weighted by Gasteiger charge is 2.46. The molecule has 0 bridgehead atoms. The molecule has 1 aromatic heterocycles. The molecule has 2 aliphatic rings. The van der Waals surface area contributed by atoms with E-state index in [9.17, 15) is 4.79 Å². The molecule has 72 valence electrons. The van der Waals surface area contributed by atoms with Crippen LogP contribution in [-0.4, -0.2) is 16.4 Å². The molecule has 14 heavy (non-hydrogen) atoms. The Morgan fingerprint density at radius 3 is 2.93 bits per heavy atom. The minimum Gasteiger partial charge on any atom is -0.369 e. The van der Waals surface area contributed by atoms with Crippen LogP contribution in [0.4, 0.5) is 11.4 Å².